The van der Waals surface area contributed by atoms with Crippen LogP contribution >= 0.6 is 0 Å². The lowest BCUT2D eigenvalue weighted by molar-refractivity contribution is -0.295. The first-order valence-corrected chi connectivity index (χ1v) is 6.85. The molecule has 2 aliphatic heterocycles. The molecule has 0 radical (unpaired) electrons. The number of β-amino-alcohol motifs (C(OH)–C–C–N with tert-alkyl or cyclic N) is 1. The Morgan fingerprint density at radius 3 is 2.33 bits per heavy atom. The summed E-state index contributed by atoms with van der Waals surface area (Å²) < 4.78 is 10.1. The minimum Gasteiger partial charge on any atom is -0.394 e. The zero-order valence-electron chi connectivity index (χ0n) is 11.6. The smallest absolute Gasteiger partial charge is 0.184 e. The van der Waals surface area contributed by atoms with Crippen LogP contribution in [0.1, 0.15) is 0 Å². The fraction of sp³-hybridized carbons (Fsp3) is 1.00. The summed E-state index contributed by atoms with van der Waals surface area (Å²) >= 11 is 0. The maximum atomic E-state index is 10.4. The summed E-state index contributed by atoms with van der Waals surface area (Å²) in [6.07, 6.45) is -8.47. The number of aliphatic hydroxyl groups is 6. The van der Waals surface area contributed by atoms with E-state index in [2.05, 4.69) is 5.32 Å². The van der Waals surface area contributed by atoms with Crippen LogP contribution in [0.2, 0.25) is 0 Å². The van der Waals surface area contributed by atoms with E-state index in [4.69, 9.17) is 9.47 Å². The molecule has 2 aliphatic rings. The van der Waals surface area contributed by atoms with Crippen LogP contribution < -0.4 is 5.32 Å². The minimum atomic E-state index is -1.36. The normalized spacial score (nSPS) is 49.3. The van der Waals surface area contributed by atoms with Crippen molar-refractivity contribution in [3.63, 3.8) is 0 Å². The molecule has 2 rings (SSSR count). The average Bonchev–Trinajstić information content (AvgIpc) is 2.79. The predicted molar refractivity (Wildman–Crippen MR) is 68.1 cm³/mol. The summed E-state index contributed by atoms with van der Waals surface area (Å²) in [4.78, 5) is 0. The molecule has 2 heterocycles. The van der Waals surface area contributed by atoms with Crippen molar-refractivity contribution in [2.75, 3.05) is 20.3 Å². The molecular weight excluding hydrogens is 286 g/mol. The number of methoxy groups -OCH3 is 1. The summed E-state index contributed by atoms with van der Waals surface area (Å²) in [6, 6.07) is -0.913. The van der Waals surface area contributed by atoms with Gasteiger partial charge in [0.25, 0.3) is 0 Å². The van der Waals surface area contributed by atoms with Crippen LogP contribution in [-0.2, 0) is 9.47 Å². The molecule has 0 spiro atoms. The maximum Gasteiger partial charge on any atom is 0.184 e. The minimum absolute atomic E-state index is 0.0927. The van der Waals surface area contributed by atoms with Crippen LogP contribution in [0.4, 0.5) is 0 Å². The van der Waals surface area contributed by atoms with Gasteiger partial charge in [-0.2, -0.15) is 0 Å². The van der Waals surface area contributed by atoms with Crippen molar-refractivity contribution >= 4 is 0 Å². The molecule has 124 valence electrons. The first-order chi connectivity index (χ1) is 9.92. The molecule has 9 heteroatoms. The standard InChI is InChI=1S/C12H23NO8/c1-20-12-11(19)6(9(17)5(3-14)21-12)10(18)7-8(16)4(15)2-13-7/h4-19H,2-3H2,1H3/t4-,5-,6-,7+,8-,9+,10+,11-,12+/m1/s1. The highest BCUT2D eigenvalue weighted by atomic mass is 16.7. The molecule has 7 N–H and O–H groups in total. The van der Waals surface area contributed by atoms with E-state index >= 15 is 0 Å². The summed E-state index contributed by atoms with van der Waals surface area (Å²) in [7, 11) is 1.29. The van der Waals surface area contributed by atoms with Gasteiger partial charge in [-0.15, -0.1) is 0 Å². The zero-order chi connectivity index (χ0) is 15.7. The second-order valence-electron chi connectivity index (χ2n) is 5.50. The summed E-state index contributed by atoms with van der Waals surface area (Å²) in [5.41, 5.74) is 0. The highest BCUT2D eigenvalue weighted by Crippen LogP contribution is 2.32. The van der Waals surface area contributed by atoms with Gasteiger partial charge >= 0.3 is 0 Å². The van der Waals surface area contributed by atoms with E-state index < -0.39 is 61.5 Å². The van der Waals surface area contributed by atoms with Gasteiger partial charge in [-0.1, -0.05) is 0 Å². The van der Waals surface area contributed by atoms with Crippen molar-refractivity contribution in [2.24, 2.45) is 5.92 Å². The number of ether oxygens (including phenoxy) is 2. The van der Waals surface area contributed by atoms with Crippen LogP contribution in [0.15, 0.2) is 0 Å². The predicted octanol–water partition coefficient (Wildman–Crippen LogP) is -4.26. The van der Waals surface area contributed by atoms with Crippen LogP contribution in [0.3, 0.4) is 0 Å². The molecule has 0 aromatic carbocycles. The molecule has 2 saturated heterocycles. The number of nitrogens with one attached hydrogen (secondary N) is 1. The Hall–Kier alpha value is -0.360. The quantitative estimate of drug-likeness (QED) is 0.274. The van der Waals surface area contributed by atoms with E-state index in [-0.39, 0.29) is 6.54 Å². The van der Waals surface area contributed by atoms with Crippen molar-refractivity contribution in [2.45, 2.75) is 49.0 Å². The van der Waals surface area contributed by atoms with Crippen LogP contribution in [-0.4, -0.2) is 99.9 Å². The summed E-state index contributed by atoms with van der Waals surface area (Å²) in [6.45, 7) is -0.421. The fourth-order valence-corrected chi connectivity index (χ4v) is 3.01. The zero-order valence-corrected chi connectivity index (χ0v) is 11.6. The Morgan fingerprint density at radius 2 is 1.86 bits per heavy atom. The fourth-order valence-electron chi connectivity index (χ4n) is 3.01. The summed E-state index contributed by atoms with van der Waals surface area (Å²) in [5, 5.41) is 62.0. The van der Waals surface area contributed by atoms with E-state index in [0.29, 0.717) is 0 Å². The van der Waals surface area contributed by atoms with Crippen molar-refractivity contribution in [3.05, 3.63) is 0 Å². The Bertz CT molecular complexity index is 329. The third-order valence-electron chi connectivity index (χ3n) is 4.26. The highest BCUT2D eigenvalue weighted by molar-refractivity contribution is 5.02. The van der Waals surface area contributed by atoms with Crippen LogP contribution in [0, 0.1) is 5.92 Å². The molecule has 21 heavy (non-hydrogen) atoms. The number of rotatable bonds is 4. The largest absolute Gasteiger partial charge is 0.394 e. The molecule has 0 saturated carbocycles. The van der Waals surface area contributed by atoms with Crippen molar-refractivity contribution < 1.29 is 40.1 Å². The molecule has 0 aliphatic carbocycles. The maximum absolute atomic E-state index is 10.4. The van der Waals surface area contributed by atoms with Crippen molar-refractivity contribution in [1.82, 2.24) is 5.32 Å². The lowest BCUT2D eigenvalue weighted by atomic mass is 9.80. The average molecular weight is 309 g/mol. The molecule has 9 nitrogen and oxygen atoms in total. The van der Waals surface area contributed by atoms with Crippen molar-refractivity contribution in [1.29, 1.82) is 0 Å². The van der Waals surface area contributed by atoms with Crippen LogP contribution in [0.5, 0.6) is 0 Å². The third-order valence-corrected chi connectivity index (χ3v) is 4.26. The van der Waals surface area contributed by atoms with Gasteiger partial charge in [0.2, 0.25) is 0 Å². The SMILES string of the molecule is CO[C@H]1O[C@H](CO)[C@H](O)[C@H]([C@H](O)[C@H]2NC[C@@H](O)[C@H]2O)[C@H]1O. The van der Waals surface area contributed by atoms with Gasteiger partial charge in [0.15, 0.2) is 6.29 Å². The first-order valence-electron chi connectivity index (χ1n) is 6.85. The van der Waals surface area contributed by atoms with Gasteiger partial charge in [0.05, 0.1) is 37.1 Å². The van der Waals surface area contributed by atoms with E-state index in [1.54, 1.807) is 0 Å². The lowest BCUT2D eigenvalue weighted by Crippen LogP contribution is -2.63. The molecule has 9 atom stereocenters. The molecule has 0 aromatic heterocycles. The second kappa shape index (κ2) is 6.82. The van der Waals surface area contributed by atoms with Gasteiger partial charge in [0.1, 0.15) is 12.2 Å². The van der Waals surface area contributed by atoms with Gasteiger partial charge in [-0.25, -0.2) is 0 Å². The lowest BCUT2D eigenvalue weighted by Gasteiger charge is -2.44. The Balaban J connectivity index is 2.17. The number of aliphatic hydroxyl groups excluding tert-OH is 6. The summed E-state index contributed by atoms with van der Waals surface area (Å²) in [5.74, 6) is -1.11. The van der Waals surface area contributed by atoms with Crippen LogP contribution in [0.25, 0.3) is 0 Å². The van der Waals surface area contributed by atoms with E-state index in [1.807, 2.05) is 0 Å². The Kier molecular flexibility index (Phi) is 5.52. The van der Waals surface area contributed by atoms with E-state index in [9.17, 15) is 30.6 Å². The Morgan fingerprint density at radius 1 is 1.19 bits per heavy atom. The first kappa shape index (κ1) is 17.0. The van der Waals surface area contributed by atoms with E-state index in [0.717, 1.165) is 0 Å². The van der Waals surface area contributed by atoms with Crippen molar-refractivity contribution in [3.8, 4) is 0 Å². The number of hydrogen-bond acceptors (Lipinski definition) is 9. The molecule has 0 amide bonds. The molecule has 2 fully saturated rings. The third kappa shape index (κ3) is 3.07. The van der Waals surface area contributed by atoms with Gasteiger partial charge in [-0.05, 0) is 0 Å². The topological polar surface area (TPSA) is 152 Å². The Labute approximate surface area is 121 Å². The highest BCUT2D eigenvalue weighted by Gasteiger charge is 2.52. The molecular formula is C12H23NO8. The van der Waals surface area contributed by atoms with E-state index in [1.165, 1.54) is 7.11 Å². The molecule has 0 unspecified atom stereocenters. The molecule has 0 bridgehead atoms. The van der Waals surface area contributed by atoms with Gasteiger partial charge in [-0.3, -0.25) is 0 Å². The number of hydrogen-bond donors (Lipinski definition) is 7. The monoisotopic (exact) mass is 309 g/mol. The van der Waals surface area contributed by atoms with Gasteiger partial charge in [0, 0.05) is 19.6 Å². The van der Waals surface area contributed by atoms with Gasteiger partial charge < -0.3 is 45.4 Å². The molecule has 0 aromatic rings. The second-order valence-corrected chi connectivity index (χ2v) is 5.50.